The van der Waals surface area contributed by atoms with E-state index >= 15 is 0 Å². The highest BCUT2D eigenvalue weighted by molar-refractivity contribution is 5.96. The molecule has 3 nitrogen and oxygen atoms in total. The van der Waals surface area contributed by atoms with Crippen molar-refractivity contribution in [2.45, 2.75) is 6.42 Å². The number of phenolic OH excluding ortho intramolecular Hbond substituents is 1. The van der Waals surface area contributed by atoms with Gasteiger partial charge in [-0.2, -0.15) is 0 Å². The maximum absolute atomic E-state index is 11.4. The van der Waals surface area contributed by atoms with Crippen LogP contribution in [0.25, 0.3) is 0 Å². The first kappa shape index (κ1) is 10.3. The number of rotatable bonds is 4. The van der Waals surface area contributed by atoms with E-state index in [1.54, 1.807) is 24.3 Å². The zero-order chi connectivity index (χ0) is 10.4. The van der Waals surface area contributed by atoms with Crippen LogP contribution in [0, 0.1) is 0 Å². The topological polar surface area (TPSA) is 49.3 Å². The van der Waals surface area contributed by atoms with Gasteiger partial charge in [0.05, 0.1) is 5.56 Å². The van der Waals surface area contributed by atoms with E-state index in [4.69, 9.17) is 0 Å². The number of amides is 1. The zero-order valence-corrected chi connectivity index (χ0v) is 7.86. The first-order valence-electron chi connectivity index (χ1n) is 4.43. The van der Waals surface area contributed by atoms with Gasteiger partial charge in [0.15, 0.2) is 0 Å². The van der Waals surface area contributed by atoms with Crippen molar-refractivity contribution >= 4 is 5.91 Å². The van der Waals surface area contributed by atoms with Crippen molar-refractivity contribution in [3.8, 4) is 5.75 Å². The molecule has 0 aliphatic heterocycles. The largest absolute Gasteiger partial charge is 0.507 e. The van der Waals surface area contributed by atoms with Crippen LogP contribution in [-0.2, 0) is 0 Å². The molecular weight excluding hydrogens is 178 g/mol. The van der Waals surface area contributed by atoms with Gasteiger partial charge in [0, 0.05) is 6.54 Å². The fourth-order valence-electron chi connectivity index (χ4n) is 1.05. The Morgan fingerprint density at radius 2 is 2.21 bits per heavy atom. The van der Waals surface area contributed by atoms with Crippen LogP contribution in [0.1, 0.15) is 16.8 Å². The van der Waals surface area contributed by atoms with E-state index in [9.17, 15) is 9.90 Å². The van der Waals surface area contributed by atoms with E-state index in [2.05, 4.69) is 11.9 Å². The van der Waals surface area contributed by atoms with Crippen molar-refractivity contribution in [2.75, 3.05) is 6.54 Å². The standard InChI is InChI=1S/C11H13NO2/c1-2-3-8-12-11(14)9-6-4-5-7-10(9)13/h2,4-7,13H,1,3,8H2,(H,12,14). The van der Waals surface area contributed by atoms with E-state index in [1.807, 2.05) is 0 Å². The zero-order valence-electron chi connectivity index (χ0n) is 7.86. The summed E-state index contributed by atoms with van der Waals surface area (Å²) in [6, 6.07) is 6.46. The Balaban J connectivity index is 2.60. The molecule has 0 aromatic heterocycles. The number of nitrogens with one attached hydrogen (secondary N) is 1. The van der Waals surface area contributed by atoms with Crippen molar-refractivity contribution in [3.63, 3.8) is 0 Å². The molecule has 3 heteroatoms. The smallest absolute Gasteiger partial charge is 0.255 e. The molecule has 0 heterocycles. The molecule has 1 aromatic rings. The highest BCUT2D eigenvalue weighted by atomic mass is 16.3. The Morgan fingerprint density at radius 3 is 2.86 bits per heavy atom. The molecule has 0 bridgehead atoms. The Labute approximate surface area is 83.1 Å². The Bertz CT molecular complexity index is 334. The number of benzene rings is 1. The van der Waals surface area contributed by atoms with Crippen molar-refractivity contribution in [2.24, 2.45) is 0 Å². The second-order valence-electron chi connectivity index (χ2n) is 2.85. The molecule has 1 rings (SSSR count). The van der Waals surface area contributed by atoms with E-state index in [0.29, 0.717) is 12.1 Å². The van der Waals surface area contributed by atoms with Gasteiger partial charge in [-0.25, -0.2) is 0 Å². The molecule has 0 radical (unpaired) electrons. The van der Waals surface area contributed by atoms with Crippen molar-refractivity contribution in [1.82, 2.24) is 5.32 Å². The summed E-state index contributed by atoms with van der Waals surface area (Å²) in [6.45, 7) is 4.09. The predicted octanol–water partition coefficient (Wildman–Crippen LogP) is 1.70. The third-order valence-corrected chi connectivity index (χ3v) is 1.78. The number of carbonyl (C=O) groups excluding carboxylic acids is 1. The second-order valence-corrected chi connectivity index (χ2v) is 2.85. The lowest BCUT2D eigenvalue weighted by molar-refractivity contribution is 0.0951. The summed E-state index contributed by atoms with van der Waals surface area (Å²) in [7, 11) is 0. The monoisotopic (exact) mass is 191 g/mol. The third-order valence-electron chi connectivity index (χ3n) is 1.78. The molecule has 14 heavy (non-hydrogen) atoms. The molecule has 0 spiro atoms. The molecule has 0 atom stereocenters. The Morgan fingerprint density at radius 1 is 1.50 bits per heavy atom. The van der Waals surface area contributed by atoms with E-state index in [-0.39, 0.29) is 11.7 Å². The van der Waals surface area contributed by atoms with Crippen LogP contribution in [0.5, 0.6) is 5.75 Å². The van der Waals surface area contributed by atoms with Gasteiger partial charge in [-0.1, -0.05) is 18.2 Å². The first-order chi connectivity index (χ1) is 6.75. The minimum absolute atomic E-state index is 0.00334. The van der Waals surface area contributed by atoms with Gasteiger partial charge in [-0.15, -0.1) is 6.58 Å². The lowest BCUT2D eigenvalue weighted by Gasteiger charge is -2.04. The SMILES string of the molecule is C=CCCNC(=O)c1ccccc1O. The van der Waals surface area contributed by atoms with Crippen LogP contribution in [0.2, 0.25) is 0 Å². The van der Waals surface area contributed by atoms with Gasteiger partial charge >= 0.3 is 0 Å². The minimum atomic E-state index is -0.259. The van der Waals surface area contributed by atoms with Crippen LogP contribution in [0.4, 0.5) is 0 Å². The van der Waals surface area contributed by atoms with Crippen LogP contribution in [0.15, 0.2) is 36.9 Å². The summed E-state index contributed by atoms with van der Waals surface area (Å²) in [5.74, 6) is -0.256. The van der Waals surface area contributed by atoms with Gasteiger partial charge in [0.1, 0.15) is 5.75 Å². The highest BCUT2D eigenvalue weighted by Gasteiger charge is 2.08. The predicted molar refractivity (Wildman–Crippen MR) is 55.3 cm³/mol. The molecule has 0 aliphatic rings. The van der Waals surface area contributed by atoms with Crippen LogP contribution < -0.4 is 5.32 Å². The quantitative estimate of drug-likeness (QED) is 0.562. The van der Waals surface area contributed by atoms with Gasteiger partial charge < -0.3 is 10.4 Å². The first-order valence-corrected chi connectivity index (χ1v) is 4.43. The molecule has 74 valence electrons. The van der Waals surface area contributed by atoms with Gasteiger partial charge in [-0.05, 0) is 18.6 Å². The fourth-order valence-corrected chi connectivity index (χ4v) is 1.05. The Hall–Kier alpha value is -1.77. The number of carbonyl (C=O) groups is 1. The lowest BCUT2D eigenvalue weighted by atomic mass is 10.2. The van der Waals surface area contributed by atoms with Crippen molar-refractivity contribution in [3.05, 3.63) is 42.5 Å². The molecule has 1 aromatic carbocycles. The van der Waals surface area contributed by atoms with Crippen molar-refractivity contribution in [1.29, 1.82) is 0 Å². The van der Waals surface area contributed by atoms with Gasteiger partial charge in [-0.3, -0.25) is 4.79 Å². The summed E-state index contributed by atoms with van der Waals surface area (Å²) in [5, 5.41) is 12.0. The maximum atomic E-state index is 11.4. The summed E-state index contributed by atoms with van der Waals surface area (Å²) < 4.78 is 0. The number of aromatic hydroxyl groups is 1. The van der Waals surface area contributed by atoms with Crippen LogP contribution >= 0.6 is 0 Å². The summed E-state index contributed by atoms with van der Waals surface area (Å²) >= 11 is 0. The van der Waals surface area contributed by atoms with Gasteiger partial charge in [0.2, 0.25) is 0 Å². The molecule has 0 fully saturated rings. The normalized spacial score (nSPS) is 9.43. The highest BCUT2D eigenvalue weighted by Crippen LogP contribution is 2.14. The number of hydrogen-bond donors (Lipinski definition) is 2. The molecule has 0 saturated heterocycles. The Kier molecular flexibility index (Phi) is 3.73. The average molecular weight is 191 g/mol. The molecule has 0 aliphatic carbocycles. The molecular formula is C11H13NO2. The lowest BCUT2D eigenvalue weighted by Crippen LogP contribution is -2.24. The fraction of sp³-hybridized carbons (Fsp3) is 0.182. The van der Waals surface area contributed by atoms with E-state index in [1.165, 1.54) is 6.07 Å². The van der Waals surface area contributed by atoms with Gasteiger partial charge in [0.25, 0.3) is 5.91 Å². The van der Waals surface area contributed by atoms with Crippen LogP contribution in [-0.4, -0.2) is 17.6 Å². The number of para-hydroxylation sites is 1. The molecule has 0 saturated carbocycles. The van der Waals surface area contributed by atoms with Crippen molar-refractivity contribution < 1.29 is 9.90 Å². The second kappa shape index (κ2) is 5.07. The van der Waals surface area contributed by atoms with E-state index in [0.717, 1.165) is 6.42 Å². The molecule has 0 unspecified atom stereocenters. The molecule has 2 N–H and O–H groups in total. The van der Waals surface area contributed by atoms with Crippen LogP contribution in [0.3, 0.4) is 0 Å². The average Bonchev–Trinajstić information content (AvgIpc) is 2.18. The number of hydrogen-bond acceptors (Lipinski definition) is 2. The molecule has 1 amide bonds. The summed E-state index contributed by atoms with van der Waals surface area (Å²) in [6.07, 6.45) is 2.45. The number of phenols is 1. The third kappa shape index (κ3) is 2.62. The summed E-state index contributed by atoms with van der Waals surface area (Å²) in [4.78, 5) is 11.4. The maximum Gasteiger partial charge on any atom is 0.255 e. The minimum Gasteiger partial charge on any atom is -0.507 e. The summed E-state index contributed by atoms with van der Waals surface area (Å²) in [5.41, 5.74) is 0.302. The van der Waals surface area contributed by atoms with E-state index < -0.39 is 0 Å².